The highest BCUT2D eigenvalue weighted by atomic mass is 79.9. The highest BCUT2D eigenvalue weighted by Gasteiger charge is 2.40. The van der Waals surface area contributed by atoms with Gasteiger partial charge in [0.05, 0.1) is 3.79 Å². The molecule has 1 heterocycles. The quantitative estimate of drug-likeness (QED) is 0.894. The van der Waals surface area contributed by atoms with Gasteiger partial charge in [-0.3, -0.25) is 0 Å². The fourth-order valence-electron chi connectivity index (χ4n) is 2.01. The summed E-state index contributed by atoms with van der Waals surface area (Å²) in [5, 5.41) is 0. The van der Waals surface area contributed by atoms with Crippen LogP contribution in [-0.2, 0) is 6.42 Å². The molecule has 14 heavy (non-hydrogen) atoms. The first-order valence-corrected chi connectivity index (χ1v) is 6.69. The molecule has 1 unspecified atom stereocenters. The number of nitrogens with two attached hydrogens (primary N) is 1. The van der Waals surface area contributed by atoms with Crippen molar-refractivity contribution in [2.24, 2.45) is 17.1 Å². The summed E-state index contributed by atoms with van der Waals surface area (Å²) in [5.41, 5.74) is 6.23. The van der Waals surface area contributed by atoms with Gasteiger partial charge in [0.2, 0.25) is 0 Å². The van der Waals surface area contributed by atoms with E-state index >= 15 is 0 Å². The van der Waals surface area contributed by atoms with Crippen LogP contribution in [0.25, 0.3) is 0 Å². The van der Waals surface area contributed by atoms with Crippen LogP contribution in [0.4, 0.5) is 0 Å². The average molecular weight is 274 g/mol. The molecule has 1 aliphatic rings. The van der Waals surface area contributed by atoms with E-state index in [-0.39, 0.29) is 0 Å². The zero-order valence-electron chi connectivity index (χ0n) is 8.42. The molecule has 0 amide bonds. The topological polar surface area (TPSA) is 26.0 Å². The number of hydrogen-bond donors (Lipinski definition) is 1. The number of thiophene rings is 1. The Balaban J connectivity index is 2.07. The molecule has 0 aromatic carbocycles. The number of halogens is 1. The van der Waals surface area contributed by atoms with Gasteiger partial charge in [-0.2, -0.15) is 0 Å². The van der Waals surface area contributed by atoms with Gasteiger partial charge in [-0.1, -0.05) is 6.92 Å². The Bertz CT molecular complexity index is 319. The second-order valence-electron chi connectivity index (χ2n) is 4.52. The Morgan fingerprint density at radius 2 is 2.29 bits per heavy atom. The third-order valence-corrected chi connectivity index (χ3v) is 4.86. The van der Waals surface area contributed by atoms with E-state index in [4.69, 9.17) is 5.73 Å². The molecule has 0 spiro atoms. The number of rotatable bonds is 4. The van der Waals surface area contributed by atoms with Crippen LogP contribution in [-0.4, -0.2) is 6.54 Å². The molecule has 0 saturated heterocycles. The first-order chi connectivity index (χ1) is 6.64. The molecule has 2 rings (SSSR count). The maximum absolute atomic E-state index is 5.90. The van der Waals surface area contributed by atoms with Crippen molar-refractivity contribution in [3.05, 3.63) is 20.8 Å². The Morgan fingerprint density at radius 1 is 1.57 bits per heavy atom. The Morgan fingerprint density at radius 3 is 2.71 bits per heavy atom. The maximum atomic E-state index is 5.90. The molecule has 1 atom stereocenters. The van der Waals surface area contributed by atoms with E-state index in [9.17, 15) is 0 Å². The molecule has 1 aliphatic carbocycles. The maximum Gasteiger partial charge on any atom is 0.0701 e. The van der Waals surface area contributed by atoms with Crippen LogP contribution in [0.1, 0.15) is 24.6 Å². The largest absolute Gasteiger partial charge is 0.330 e. The summed E-state index contributed by atoms with van der Waals surface area (Å²) in [4.78, 5) is 1.46. The normalized spacial score (nSPS) is 20.8. The average Bonchev–Trinajstić information content (AvgIpc) is 2.93. The van der Waals surface area contributed by atoms with Crippen LogP contribution in [0, 0.1) is 11.3 Å². The summed E-state index contributed by atoms with van der Waals surface area (Å²) in [6, 6.07) is 4.34. The van der Waals surface area contributed by atoms with Crippen LogP contribution < -0.4 is 5.73 Å². The minimum Gasteiger partial charge on any atom is -0.330 e. The van der Waals surface area contributed by atoms with Gasteiger partial charge in [-0.15, -0.1) is 11.3 Å². The number of hydrogen-bond acceptors (Lipinski definition) is 2. The lowest BCUT2D eigenvalue weighted by Gasteiger charge is -2.27. The van der Waals surface area contributed by atoms with Crippen LogP contribution in [0.3, 0.4) is 0 Å². The van der Waals surface area contributed by atoms with Crippen LogP contribution in [0.5, 0.6) is 0 Å². The third-order valence-electron chi connectivity index (χ3n) is 3.24. The van der Waals surface area contributed by atoms with E-state index in [2.05, 4.69) is 35.0 Å². The molecule has 2 N–H and O–H groups in total. The molecular weight excluding hydrogens is 258 g/mol. The summed E-state index contributed by atoms with van der Waals surface area (Å²) < 4.78 is 1.22. The van der Waals surface area contributed by atoms with Crippen molar-refractivity contribution in [2.75, 3.05) is 6.54 Å². The molecule has 78 valence electrons. The second-order valence-corrected chi connectivity index (χ2v) is 7.06. The van der Waals surface area contributed by atoms with Crippen LogP contribution in [0.15, 0.2) is 15.9 Å². The second kappa shape index (κ2) is 3.95. The Hall–Kier alpha value is 0.140. The Labute approximate surface area is 97.8 Å². The molecule has 1 fully saturated rings. The van der Waals surface area contributed by atoms with Gasteiger partial charge in [0, 0.05) is 4.88 Å². The predicted molar refractivity (Wildman–Crippen MR) is 65.6 cm³/mol. The third kappa shape index (κ3) is 2.20. The smallest absolute Gasteiger partial charge is 0.0701 e. The highest BCUT2D eigenvalue weighted by Crippen LogP contribution is 2.47. The molecule has 1 aromatic heterocycles. The zero-order chi connectivity index (χ0) is 10.2. The van der Waals surface area contributed by atoms with Gasteiger partial charge in [-0.25, -0.2) is 0 Å². The zero-order valence-corrected chi connectivity index (χ0v) is 10.8. The molecule has 0 aliphatic heterocycles. The standard InChI is InChI=1S/C11H16BrNS/c1-11(7-13,8-2-3-8)6-9-4-5-10(12)14-9/h4-5,8H,2-3,6-7,13H2,1H3. The molecule has 1 aromatic rings. The van der Waals surface area contributed by atoms with Crippen molar-refractivity contribution < 1.29 is 0 Å². The fourth-order valence-corrected chi connectivity index (χ4v) is 3.69. The summed E-state index contributed by atoms with van der Waals surface area (Å²) >= 11 is 5.34. The van der Waals surface area contributed by atoms with E-state index in [1.807, 2.05) is 11.3 Å². The van der Waals surface area contributed by atoms with Crippen LogP contribution >= 0.6 is 27.3 Å². The van der Waals surface area contributed by atoms with Crippen molar-refractivity contribution in [3.8, 4) is 0 Å². The molecule has 0 bridgehead atoms. The summed E-state index contributed by atoms with van der Waals surface area (Å²) in [7, 11) is 0. The molecule has 1 saturated carbocycles. The first kappa shape index (κ1) is 10.7. The van der Waals surface area contributed by atoms with Crippen molar-refractivity contribution in [1.29, 1.82) is 0 Å². The van der Waals surface area contributed by atoms with Gasteiger partial charge in [0.15, 0.2) is 0 Å². The van der Waals surface area contributed by atoms with Gasteiger partial charge >= 0.3 is 0 Å². The van der Waals surface area contributed by atoms with Crippen molar-refractivity contribution in [1.82, 2.24) is 0 Å². The van der Waals surface area contributed by atoms with E-state index in [0.29, 0.717) is 5.41 Å². The molecular formula is C11H16BrNS. The minimum atomic E-state index is 0.338. The first-order valence-electron chi connectivity index (χ1n) is 5.08. The summed E-state index contributed by atoms with van der Waals surface area (Å²) in [6.07, 6.45) is 3.89. The van der Waals surface area contributed by atoms with Crippen LogP contribution in [0.2, 0.25) is 0 Å². The van der Waals surface area contributed by atoms with Crippen molar-refractivity contribution in [3.63, 3.8) is 0 Å². The van der Waals surface area contributed by atoms with Gasteiger partial charge in [0.25, 0.3) is 0 Å². The fraction of sp³-hybridized carbons (Fsp3) is 0.636. The predicted octanol–water partition coefficient (Wildman–Crippen LogP) is 3.43. The van der Waals surface area contributed by atoms with E-state index in [1.54, 1.807) is 0 Å². The minimum absolute atomic E-state index is 0.338. The molecule has 3 heteroatoms. The SMILES string of the molecule is CC(CN)(Cc1ccc(Br)s1)C1CC1. The summed E-state index contributed by atoms with van der Waals surface area (Å²) in [6.45, 7) is 3.14. The Kier molecular flexibility index (Phi) is 3.01. The highest BCUT2D eigenvalue weighted by molar-refractivity contribution is 9.11. The van der Waals surface area contributed by atoms with Crippen molar-refractivity contribution >= 4 is 27.3 Å². The van der Waals surface area contributed by atoms with Gasteiger partial charge in [0.1, 0.15) is 0 Å². The van der Waals surface area contributed by atoms with Gasteiger partial charge < -0.3 is 5.73 Å². The molecule has 0 radical (unpaired) electrons. The lowest BCUT2D eigenvalue weighted by atomic mass is 9.81. The van der Waals surface area contributed by atoms with E-state index in [1.165, 1.54) is 21.5 Å². The monoisotopic (exact) mass is 273 g/mol. The lowest BCUT2D eigenvalue weighted by Crippen LogP contribution is -2.31. The van der Waals surface area contributed by atoms with E-state index < -0.39 is 0 Å². The van der Waals surface area contributed by atoms with E-state index in [0.717, 1.165) is 18.9 Å². The molecule has 1 nitrogen and oxygen atoms in total. The van der Waals surface area contributed by atoms with Gasteiger partial charge in [-0.05, 0) is 65.2 Å². The summed E-state index contributed by atoms with van der Waals surface area (Å²) in [5.74, 6) is 0.869. The van der Waals surface area contributed by atoms with Crippen molar-refractivity contribution in [2.45, 2.75) is 26.2 Å². The lowest BCUT2D eigenvalue weighted by molar-refractivity contribution is 0.284.